The molecule has 4 aromatic carbocycles. The maximum Gasteiger partial charge on any atom is 0.427 e. The molecule has 8 aromatic rings. The van der Waals surface area contributed by atoms with Gasteiger partial charge in [-0.2, -0.15) is 14.5 Å². The number of benzene rings is 4. The summed E-state index contributed by atoms with van der Waals surface area (Å²) in [5.41, 5.74) is 4.46. The van der Waals surface area contributed by atoms with Crippen molar-refractivity contribution in [2.45, 2.75) is 74.8 Å². The number of thiocarbonyl (C=S) groups is 1. The van der Waals surface area contributed by atoms with E-state index >= 15 is 0 Å². The number of imide groups is 2. The van der Waals surface area contributed by atoms with Crippen molar-refractivity contribution in [3.8, 4) is 0 Å². The van der Waals surface area contributed by atoms with Crippen LogP contribution in [0.5, 0.6) is 0 Å². The number of para-hydroxylation sites is 5. The van der Waals surface area contributed by atoms with E-state index < -0.39 is 29.4 Å². The number of amides is 5. The zero-order chi connectivity index (χ0) is 69.1. The van der Waals surface area contributed by atoms with Crippen LogP contribution in [-0.2, 0) is 23.9 Å². The SMILES string of the molecule is C/C=C/C(=O)N1C(=O)OCC1(C)C.C/C=C/C(=O)N1CCOC1=O.C/C=C/C(=O)N1CCSC1=S.C/C=C/C(=O)n1c(=O)oc2ccccc21.C/C=C/C(=O)n1c(=S)sc2ccccc21.C/C=C/C(=O)n1nc(C)c2ccccc21.C/C=C/C(=O)n1nnc2ccccc21. The Morgan fingerprint density at radius 3 is 1.60 bits per heavy atom. The lowest BCUT2D eigenvalue weighted by molar-refractivity contribution is -0.126. The van der Waals surface area contributed by atoms with Crippen LogP contribution >= 0.6 is 47.5 Å². The van der Waals surface area contributed by atoms with Crippen molar-refractivity contribution in [3.05, 3.63) is 202 Å². The van der Waals surface area contributed by atoms with Gasteiger partial charge in [-0.1, -0.05) is 126 Å². The third-order valence-electron chi connectivity index (χ3n) is 12.7. The van der Waals surface area contributed by atoms with Crippen LogP contribution in [0.15, 0.2) is 191 Å². The molecule has 0 N–H and O–H groups in total. The summed E-state index contributed by atoms with van der Waals surface area (Å²) >= 11 is 13.2. The molecule has 3 saturated heterocycles. The van der Waals surface area contributed by atoms with Crippen molar-refractivity contribution in [2.24, 2.45) is 0 Å². The Morgan fingerprint density at radius 1 is 0.532 bits per heavy atom. The number of ether oxygens (including phenoxy) is 2. The van der Waals surface area contributed by atoms with Crippen molar-refractivity contribution in [1.29, 1.82) is 0 Å². The zero-order valence-electron chi connectivity index (χ0n) is 53.3. The van der Waals surface area contributed by atoms with Gasteiger partial charge in [-0.3, -0.25) is 43.0 Å². The molecule has 5 amide bonds. The lowest BCUT2D eigenvalue weighted by atomic mass is 10.1. The number of thioether (sulfide) groups is 1. The van der Waals surface area contributed by atoms with Gasteiger partial charge >= 0.3 is 17.9 Å². The highest BCUT2D eigenvalue weighted by Gasteiger charge is 2.43. The summed E-state index contributed by atoms with van der Waals surface area (Å²) in [5, 5.41) is 12.9. The van der Waals surface area contributed by atoms with Gasteiger partial charge in [-0.15, -0.1) is 16.4 Å². The molecule has 0 spiro atoms. The van der Waals surface area contributed by atoms with Crippen LogP contribution in [0.2, 0.25) is 0 Å². The third kappa shape index (κ3) is 19.9. The average molecular weight is 1350 g/mol. The van der Waals surface area contributed by atoms with E-state index in [2.05, 4.69) is 20.1 Å². The van der Waals surface area contributed by atoms with Gasteiger partial charge in [0.15, 0.2) is 9.54 Å². The van der Waals surface area contributed by atoms with E-state index in [1.165, 1.54) is 63.2 Å². The maximum atomic E-state index is 11.8. The standard InChI is InChI=1S/C12H12N2O.C11H9NO3.C11H9NOS2.C10H9N3O.C9H13NO3.C7H9NO3.C7H9NOS2/c1-3-6-12(15)14-11-8-5-4-7-10(11)9(2)13-14;2*1-2-5-10(13)12-8-6-3-4-7-9(8)15-11(12)14;1-2-5-10(14)13-9-7-4-3-6-8(9)11-12-13;1-4-5-7(11)10-8(12)13-6-9(10,2)3;2*1-2-3-6(9)8-4-5-11-7(8)10/h3-8H,1-2H3;2*2-7H,1H3;2-7H,1H3;4-5H,6H2,1-3H3;2*2-3H,4-5H2,1H3/b6-3+;3*5-2+;5-4+;2*3-2+. The van der Waals surface area contributed by atoms with E-state index in [1.807, 2.05) is 100 Å². The highest BCUT2D eigenvalue weighted by molar-refractivity contribution is 8.23. The minimum Gasteiger partial charge on any atom is -0.447 e. The lowest BCUT2D eigenvalue weighted by Crippen LogP contribution is -2.45. The molecular formula is C67H70N10O13S4. The smallest absolute Gasteiger partial charge is 0.427 e. The summed E-state index contributed by atoms with van der Waals surface area (Å²) in [4.78, 5) is 117. The molecule has 0 aliphatic carbocycles. The minimum atomic E-state index is -0.653. The molecule has 490 valence electrons. The van der Waals surface area contributed by atoms with Crippen LogP contribution in [0.3, 0.4) is 0 Å². The van der Waals surface area contributed by atoms with Crippen LogP contribution in [0, 0.1) is 10.9 Å². The molecule has 3 aliphatic rings. The fourth-order valence-electron chi connectivity index (χ4n) is 8.50. The van der Waals surface area contributed by atoms with Crippen LogP contribution in [0.25, 0.3) is 43.3 Å². The predicted octanol–water partition coefficient (Wildman–Crippen LogP) is 13.0. The monoisotopic (exact) mass is 1350 g/mol. The summed E-state index contributed by atoms with van der Waals surface area (Å²) in [7, 11) is 0. The zero-order valence-corrected chi connectivity index (χ0v) is 56.5. The third-order valence-corrected chi connectivity index (χ3v) is 15.5. The number of thiazole rings is 1. The second-order valence-corrected chi connectivity index (χ2v) is 23.4. The summed E-state index contributed by atoms with van der Waals surface area (Å²) in [6.07, 6.45) is 20.6. The number of allylic oxidation sites excluding steroid dienone is 11. The number of fused-ring (bicyclic) bond motifs is 4. The number of rotatable bonds is 7. The van der Waals surface area contributed by atoms with E-state index in [0.29, 0.717) is 32.5 Å². The Kier molecular flexibility index (Phi) is 29.1. The highest BCUT2D eigenvalue weighted by atomic mass is 32.2. The Hall–Kier alpha value is -10.2. The number of aromatic nitrogens is 7. The molecule has 23 nitrogen and oxygen atoms in total. The Labute approximate surface area is 560 Å². The first-order valence-electron chi connectivity index (χ1n) is 29.0. The molecule has 0 saturated carbocycles. The Bertz CT molecular complexity index is 4280. The van der Waals surface area contributed by atoms with Gasteiger partial charge in [0.2, 0.25) is 0 Å². The largest absolute Gasteiger partial charge is 0.447 e. The van der Waals surface area contributed by atoms with E-state index in [0.717, 1.165) is 64.5 Å². The lowest BCUT2D eigenvalue weighted by Gasteiger charge is -2.24. The molecule has 3 aliphatic heterocycles. The van der Waals surface area contributed by atoms with Crippen LogP contribution in [0.1, 0.15) is 87.2 Å². The molecule has 94 heavy (non-hydrogen) atoms. The quantitative estimate of drug-likeness (QED) is 0.106. The van der Waals surface area contributed by atoms with E-state index in [1.54, 1.807) is 130 Å². The number of hydrogen-bond acceptors (Lipinski definition) is 20. The van der Waals surface area contributed by atoms with E-state index in [9.17, 15) is 47.9 Å². The van der Waals surface area contributed by atoms with Gasteiger partial charge < -0.3 is 13.9 Å². The number of aryl methyl sites for hydroxylation is 1. The maximum absolute atomic E-state index is 11.8. The van der Waals surface area contributed by atoms with Gasteiger partial charge in [0.05, 0.1) is 44.5 Å². The summed E-state index contributed by atoms with van der Waals surface area (Å²) < 4.78 is 21.9. The number of cyclic esters (lactones) is 2. The summed E-state index contributed by atoms with van der Waals surface area (Å²) in [6.45, 7) is 19.6. The molecule has 0 bridgehead atoms. The normalized spacial score (nSPS) is 14.1. The van der Waals surface area contributed by atoms with E-state index in [4.69, 9.17) is 33.6 Å². The molecule has 3 fully saturated rings. The van der Waals surface area contributed by atoms with Gasteiger partial charge in [0.25, 0.3) is 41.4 Å². The molecule has 11 rings (SSSR count). The fourth-order valence-corrected chi connectivity index (χ4v) is 11.1. The molecule has 4 aromatic heterocycles. The number of hydrogen-bond donors (Lipinski definition) is 0. The average Bonchev–Trinajstić information content (AvgIpc) is 1.69. The van der Waals surface area contributed by atoms with Gasteiger partial charge in [0.1, 0.15) is 23.1 Å². The first kappa shape index (κ1) is 74.5. The van der Waals surface area contributed by atoms with Gasteiger partial charge in [-0.05, 0) is 154 Å². The Balaban J connectivity index is 0.000000199. The Morgan fingerprint density at radius 2 is 1.03 bits per heavy atom. The summed E-state index contributed by atoms with van der Waals surface area (Å²) in [5.74, 6) is -1.12. The van der Waals surface area contributed by atoms with Crippen molar-refractivity contribution in [3.63, 3.8) is 0 Å². The van der Waals surface area contributed by atoms with E-state index in [-0.39, 0.29) is 42.0 Å². The molecule has 0 atom stereocenters. The van der Waals surface area contributed by atoms with Crippen molar-refractivity contribution < 1.29 is 57.0 Å². The minimum absolute atomic E-state index is 0.00231. The second-order valence-electron chi connectivity index (χ2n) is 19.9. The molecule has 27 heteroatoms. The fraction of sp³-hybridized carbons (Fsp3) is 0.239. The second kappa shape index (κ2) is 36.7. The summed E-state index contributed by atoms with van der Waals surface area (Å²) in [6, 6.07) is 29.6. The molecular weight excluding hydrogens is 1280 g/mol. The van der Waals surface area contributed by atoms with Crippen molar-refractivity contribution in [2.75, 3.05) is 32.1 Å². The topological polar surface area (TPSA) is 270 Å². The molecule has 0 radical (unpaired) electrons. The molecule has 0 unspecified atom stereocenters. The van der Waals surface area contributed by atoms with Gasteiger partial charge in [-0.25, -0.2) is 28.8 Å². The van der Waals surface area contributed by atoms with Crippen LogP contribution in [0.4, 0.5) is 9.59 Å². The van der Waals surface area contributed by atoms with Crippen molar-refractivity contribution >= 4 is 149 Å². The van der Waals surface area contributed by atoms with Gasteiger partial charge in [0, 0.05) is 29.8 Å². The first-order valence-corrected chi connectivity index (χ1v) is 31.7. The van der Waals surface area contributed by atoms with Crippen LogP contribution in [-0.4, -0.2) is 144 Å². The van der Waals surface area contributed by atoms with Crippen molar-refractivity contribution in [1.82, 2.24) is 48.6 Å². The predicted molar refractivity (Wildman–Crippen MR) is 371 cm³/mol. The van der Waals surface area contributed by atoms with Crippen LogP contribution < -0.4 is 5.76 Å². The number of carbonyl (C=O) groups excluding carboxylic acids is 9. The number of carbonyl (C=O) groups is 9. The first-order chi connectivity index (χ1) is 45.0. The highest BCUT2D eigenvalue weighted by Crippen LogP contribution is 2.25. The number of oxazole rings is 1. The number of nitrogens with zero attached hydrogens (tertiary/aromatic N) is 10. The molecule has 7 heterocycles.